The summed E-state index contributed by atoms with van der Waals surface area (Å²) in [6.45, 7) is 2.01. The predicted octanol–water partition coefficient (Wildman–Crippen LogP) is 2.56. The van der Waals surface area contributed by atoms with E-state index in [1.807, 2.05) is 37.3 Å². The minimum Gasteiger partial charge on any atom is -0.419 e. The van der Waals surface area contributed by atoms with Crippen molar-refractivity contribution in [2.45, 2.75) is 6.92 Å². The Morgan fingerprint density at radius 1 is 1.31 bits per heavy atom. The quantitative estimate of drug-likeness (QED) is 0.832. The van der Waals surface area contributed by atoms with Crippen LogP contribution in [0.25, 0.3) is 11.5 Å². The highest BCUT2D eigenvalue weighted by Crippen LogP contribution is 2.24. The van der Waals surface area contributed by atoms with Crippen LogP contribution in [0.2, 0.25) is 0 Å². The number of nitrogens with one attached hydrogen (secondary N) is 1. The Hall–Kier alpha value is -2.28. The molecule has 2 rings (SSSR count). The van der Waals surface area contributed by atoms with Crippen molar-refractivity contribution in [2.24, 2.45) is 0 Å². The number of nitrogens with zero attached hydrogens (tertiary/aromatic N) is 2. The number of anilines is 1. The summed E-state index contributed by atoms with van der Waals surface area (Å²) in [6, 6.07) is 9.77. The summed E-state index contributed by atoms with van der Waals surface area (Å²) in [4.78, 5) is 4.11. The van der Waals surface area contributed by atoms with Crippen molar-refractivity contribution < 1.29 is 4.42 Å². The number of nitriles is 1. The van der Waals surface area contributed by atoms with Gasteiger partial charge in [-0.2, -0.15) is 10.2 Å². The molecular weight excluding hydrogens is 202 g/mol. The van der Waals surface area contributed by atoms with Crippen molar-refractivity contribution in [3.63, 3.8) is 0 Å². The molecule has 0 fully saturated rings. The highest BCUT2D eigenvalue weighted by atomic mass is 16.4. The first-order chi connectivity index (χ1) is 7.74. The van der Waals surface area contributed by atoms with Gasteiger partial charge in [0.25, 0.3) is 0 Å². The third-order valence-corrected chi connectivity index (χ3v) is 2.26. The molecule has 1 heterocycles. The summed E-state index contributed by atoms with van der Waals surface area (Å²) in [7, 11) is 1.69. The predicted molar refractivity (Wildman–Crippen MR) is 60.9 cm³/mol. The lowest BCUT2D eigenvalue weighted by Gasteiger charge is -1.95. The number of hydrogen-bond donors (Lipinski definition) is 1. The van der Waals surface area contributed by atoms with Crippen LogP contribution >= 0.6 is 0 Å². The molecule has 0 aliphatic carbocycles. The largest absolute Gasteiger partial charge is 0.419 e. The fraction of sp³-hybridized carbons (Fsp3) is 0.167. The van der Waals surface area contributed by atoms with E-state index in [0.717, 1.165) is 5.56 Å². The van der Waals surface area contributed by atoms with Crippen molar-refractivity contribution in [3.05, 3.63) is 35.5 Å². The molecule has 1 aromatic carbocycles. The van der Waals surface area contributed by atoms with Crippen LogP contribution in [0.5, 0.6) is 0 Å². The van der Waals surface area contributed by atoms with Crippen molar-refractivity contribution in [3.8, 4) is 17.5 Å². The highest BCUT2D eigenvalue weighted by molar-refractivity contribution is 5.58. The third-order valence-electron chi connectivity index (χ3n) is 2.26. The SMILES string of the molecule is CNc1oc(-c2ccc(C)cc2)nc1C#N. The molecule has 4 nitrogen and oxygen atoms in total. The van der Waals surface area contributed by atoms with E-state index in [1.165, 1.54) is 5.56 Å². The third kappa shape index (κ3) is 1.75. The Bertz CT molecular complexity index is 534. The Balaban J connectivity index is 2.45. The zero-order valence-corrected chi connectivity index (χ0v) is 9.11. The second-order valence-electron chi connectivity index (χ2n) is 3.42. The second kappa shape index (κ2) is 4.07. The van der Waals surface area contributed by atoms with Gasteiger partial charge in [0.2, 0.25) is 17.5 Å². The van der Waals surface area contributed by atoms with E-state index in [4.69, 9.17) is 9.68 Å². The maximum Gasteiger partial charge on any atom is 0.232 e. The van der Waals surface area contributed by atoms with E-state index in [2.05, 4.69) is 10.3 Å². The summed E-state index contributed by atoms with van der Waals surface area (Å²) >= 11 is 0. The molecule has 4 heteroatoms. The van der Waals surface area contributed by atoms with Gasteiger partial charge in [-0.25, -0.2) is 0 Å². The Kier molecular flexibility index (Phi) is 2.61. The molecular formula is C12H11N3O. The van der Waals surface area contributed by atoms with Gasteiger partial charge in [0.15, 0.2) is 0 Å². The average Bonchev–Trinajstić information content (AvgIpc) is 2.73. The molecule has 0 amide bonds. The van der Waals surface area contributed by atoms with Gasteiger partial charge in [0.05, 0.1) is 0 Å². The van der Waals surface area contributed by atoms with Crippen LogP contribution in [0.4, 0.5) is 5.88 Å². The van der Waals surface area contributed by atoms with Crippen molar-refractivity contribution in [2.75, 3.05) is 12.4 Å². The first kappa shape index (κ1) is 10.2. The van der Waals surface area contributed by atoms with E-state index < -0.39 is 0 Å². The summed E-state index contributed by atoms with van der Waals surface area (Å²) < 4.78 is 5.44. The van der Waals surface area contributed by atoms with Crippen molar-refractivity contribution >= 4 is 5.88 Å². The van der Waals surface area contributed by atoms with E-state index >= 15 is 0 Å². The van der Waals surface area contributed by atoms with Crippen LogP contribution in [-0.2, 0) is 0 Å². The number of aromatic nitrogens is 1. The lowest BCUT2D eigenvalue weighted by Crippen LogP contribution is -1.87. The van der Waals surface area contributed by atoms with Crippen LogP contribution in [0, 0.1) is 18.3 Å². The van der Waals surface area contributed by atoms with Gasteiger partial charge in [-0.1, -0.05) is 17.7 Å². The van der Waals surface area contributed by atoms with Gasteiger partial charge in [-0.05, 0) is 19.1 Å². The minimum atomic E-state index is 0.276. The van der Waals surface area contributed by atoms with Crippen LogP contribution in [0.15, 0.2) is 28.7 Å². The number of rotatable bonds is 2. The fourth-order valence-electron chi connectivity index (χ4n) is 1.38. The molecule has 1 N–H and O–H groups in total. The molecule has 0 unspecified atom stereocenters. The van der Waals surface area contributed by atoms with Gasteiger partial charge in [-0.3, -0.25) is 0 Å². The summed E-state index contributed by atoms with van der Waals surface area (Å²) in [5.74, 6) is 0.860. The summed E-state index contributed by atoms with van der Waals surface area (Å²) in [6.07, 6.45) is 0. The van der Waals surface area contributed by atoms with E-state index in [0.29, 0.717) is 11.8 Å². The van der Waals surface area contributed by atoms with Gasteiger partial charge >= 0.3 is 0 Å². The monoisotopic (exact) mass is 213 g/mol. The zero-order valence-electron chi connectivity index (χ0n) is 9.11. The molecule has 1 aromatic heterocycles. The average molecular weight is 213 g/mol. The molecule has 0 saturated carbocycles. The lowest BCUT2D eigenvalue weighted by atomic mass is 10.1. The zero-order chi connectivity index (χ0) is 11.5. The fourth-order valence-corrected chi connectivity index (χ4v) is 1.38. The number of oxazole rings is 1. The first-order valence-electron chi connectivity index (χ1n) is 4.90. The highest BCUT2D eigenvalue weighted by Gasteiger charge is 2.12. The number of aryl methyl sites for hydroxylation is 1. The van der Waals surface area contributed by atoms with Gasteiger partial charge in [0, 0.05) is 12.6 Å². The summed E-state index contributed by atoms with van der Waals surface area (Å²) in [5, 5.41) is 11.6. The maximum absolute atomic E-state index is 8.84. The topological polar surface area (TPSA) is 61.9 Å². The van der Waals surface area contributed by atoms with Gasteiger partial charge in [0.1, 0.15) is 6.07 Å². The summed E-state index contributed by atoms with van der Waals surface area (Å²) in [5.41, 5.74) is 2.31. The first-order valence-corrected chi connectivity index (χ1v) is 4.90. The lowest BCUT2D eigenvalue weighted by molar-refractivity contribution is 0.589. The molecule has 80 valence electrons. The molecule has 0 saturated heterocycles. The van der Waals surface area contributed by atoms with E-state index in [9.17, 15) is 0 Å². The van der Waals surface area contributed by atoms with Crippen LogP contribution in [-0.4, -0.2) is 12.0 Å². The van der Waals surface area contributed by atoms with Crippen LogP contribution < -0.4 is 5.32 Å². The van der Waals surface area contributed by atoms with Gasteiger partial charge < -0.3 is 9.73 Å². The van der Waals surface area contributed by atoms with Crippen molar-refractivity contribution in [1.29, 1.82) is 5.26 Å². The molecule has 2 aromatic rings. The Morgan fingerprint density at radius 3 is 2.50 bits per heavy atom. The van der Waals surface area contributed by atoms with Crippen LogP contribution in [0.1, 0.15) is 11.3 Å². The Labute approximate surface area is 93.5 Å². The second-order valence-corrected chi connectivity index (χ2v) is 3.42. The van der Waals surface area contributed by atoms with Crippen LogP contribution in [0.3, 0.4) is 0 Å². The van der Waals surface area contributed by atoms with Crippen molar-refractivity contribution in [1.82, 2.24) is 4.98 Å². The standard InChI is InChI=1S/C12H11N3O/c1-8-3-5-9(6-4-8)11-15-10(7-13)12(14-2)16-11/h3-6,14H,1-2H3. The molecule has 0 aliphatic heterocycles. The van der Waals surface area contributed by atoms with E-state index in [-0.39, 0.29) is 5.69 Å². The normalized spacial score (nSPS) is 9.81. The van der Waals surface area contributed by atoms with E-state index in [1.54, 1.807) is 7.05 Å². The maximum atomic E-state index is 8.84. The van der Waals surface area contributed by atoms with Gasteiger partial charge in [-0.15, -0.1) is 0 Å². The Morgan fingerprint density at radius 2 is 2.00 bits per heavy atom. The minimum absolute atomic E-state index is 0.276. The molecule has 0 bridgehead atoms. The molecule has 0 radical (unpaired) electrons. The molecule has 0 atom stereocenters. The molecule has 0 spiro atoms. The number of benzene rings is 1. The number of hydrogen-bond acceptors (Lipinski definition) is 4. The molecule has 16 heavy (non-hydrogen) atoms. The molecule has 0 aliphatic rings. The smallest absolute Gasteiger partial charge is 0.232 e.